The van der Waals surface area contributed by atoms with Gasteiger partial charge in [-0.15, -0.1) is 0 Å². The van der Waals surface area contributed by atoms with Crippen LogP contribution in [0, 0.1) is 11.3 Å². The van der Waals surface area contributed by atoms with Crippen LogP contribution < -0.4 is 0 Å². The molecule has 0 aliphatic carbocycles. The van der Waals surface area contributed by atoms with Gasteiger partial charge in [-0.25, -0.2) is 0 Å². The molecule has 0 saturated carbocycles. The van der Waals surface area contributed by atoms with Crippen molar-refractivity contribution in [1.82, 2.24) is 20.3 Å². The summed E-state index contributed by atoms with van der Waals surface area (Å²) >= 11 is 0. The van der Waals surface area contributed by atoms with Gasteiger partial charge in [-0.3, -0.25) is 4.90 Å². The quantitative estimate of drug-likeness (QED) is 0.655. The predicted molar refractivity (Wildman–Crippen MR) is 43.0 cm³/mol. The molecule has 1 rings (SSSR count). The molecular formula is C7H11N5. The molecule has 1 N–H and O–H groups in total. The molecule has 5 nitrogen and oxygen atoms in total. The van der Waals surface area contributed by atoms with E-state index in [1.165, 1.54) is 0 Å². The number of rotatable bonds is 3. The van der Waals surface area contributed by atoms with Crippen molar-refractivity contribution in [3.8, 4) is 6.07 Å². The molecule has 0 bridgehead atoms. The zero-order chi connectivity index (χ0) is 8.97. The van der Waals surface area contributed by atoms with E-state index < -0.39 is 0 Å². The van der Waals surface area contributed by atoms with Crippen molar-refractivity contribution in [1.29, 1.82) is 5.26 Å². The molecule has 0 spiro atoms. The van der Waals surface area contributed by atoms with Gasteiger partial charge in [0.2, 0.25) is 0 Å². The van der Waals surface area contributed by atoms with E-state index in [0.717, 1.165) is 5.69 Å². The van der Waals surface area contributed by atoms with Gasteiger partial charge in [0.1, 0.15) is 0 Å². The topological polar surface area (TPSA) is 68.6 Å². The van der Waals surface area contributed by atoms with Gasteiger partial charge in [0, 0.05) is 0 Å². The van der Waals surface area contributed by atoms with E-state index in [-0.39, 0.29) is 6.04 Å². The second-order valence-electron chi connectivity index (χ2n) is 2.64. The summed E-state index contributed by atoms with van der Waals surface area (Å²) in [5.74, 6) is 0. The van der Waals surface area contributed by atoms with Crippen LogP contribution in [-0.4, -0.2) is 33.9 Å². The third-order valence-corrected chi connectivity index (χ3v) is 1.84. The van der Waals surface area contributed by atoms with E-state index in [4.69, 9.17) is 5.26 Å². The van der Waals surface area contributed by atoms with Crippen LogP contribution in [0.4, 0.5) is 0 Å². The minimum atomic E-state index is 0.128. The normalized spacial score (nSPS) is 12.8. The third kappa shape index (κ3) is 1.80. The Bertz CT molecular complexity index is 260. The Hall–Kier alpha value is -1.41. The van der Waals surface area contributed by atoms with E-state index in [2.05, 4.69) is 21.5 Å². The van der Waals surface area contributed by atoms with Crippen molar-refractivity contribution in [2.24, 2.45) is 0 Å². The van der Waals surface area contributed by atoms with Crippen LogP contribution in [0.2, 0.25) is 0 Å². The van der Waals surface area contributed by atoms with Crippen LogP contribution in [-0.2, 0) is 0 Å². The van der Waals surface area contributed by atoms with Crippen molar-refractivity contribution < 1.29 is 0 Å². The molecule has 1 heterocycles. The maximum Gasteiger partial charge on any atom is 0.0993 e. The summed E-state index contributed by atoms with van der Waals surface area (Å²) in [7, 11) is 1.88. The zero-order valence-electron chi connectivity index (χ0n) is 7.15. The number of nitrogens with one attached hydrogen (secondary N) is 1. The molecule has 0 fully saturated rings. The van der Waals surface area contributed by atoms with E-state index in [0.29, 0.717) is 6.54 Å². The first-order chi connectivity index (χ1) is 5.75. The molecule has 1 atom stereocenters. The number of hydrogen-bond donors (Lipinski definition) is 1. The monoisotopic (exact) mass is 165 g/mol. The maximum atomic E-state index is 8.45. The number of hydrogen-bond acceptors (Lipinski definition) is 4. The Morgan fingerprint density at radius 1 is 1.83 bits per heavy atom. The molecule has 0 amide bonds. The second-order valence-corrected chi connectivity index (χ2v) is 2.64. The van der Waals surface area contributed by atoms with Crippen molar-refractivity contribution >= 4 is 0 Å². The van der Waals surface area contributed by atoms with Crippen LogP contribution in [0.25, 0.3) is 0 Å². The fourth-order valence-electron chi connectivity index (χ4n) is 0.886. The summed E-state index contributed by atoms with van der Waals surface area (Å²) in [5.41, 5.74) is 0.854. The first-order valence-electron chi connectivity index (χ1n) is 3.68. The lowest BCUT2D eigenvalue weighted by atomic mass is 10.2. The Morgan fingerprint density at radius 2 is 2.58 bits per heavy atom. The average Bonchev–Trinajstić information content (AvgIpc) is 2.55. The van der Waals surface area contributed by atoms with Crippen LogP contribution in [0.15, 0.2) is 6.20 Å². The number of aromatic amines is 1. The number of H-pyrrole nitrogens is 1. The average molecular weight is 165 g/mol. The Labute approximate surface area is 71.0 Å². The number of nitriles is 1. The highest BCUT2D eigenvalue weighted by Gasteiger charge is 2.12. The summed E-state index contributed by atoms with van der Waals surface area (Å²) in [6.45, 7) is 2.38. The Morgan fingerprint density at radius 3 is 3.08 bits per heavy atom. The largest absolute Gasteiger partial charge is 0.285 e. The SMILES string of the molecule is CC(c1cn[nH]n1)N(C)CC#N. The van der Waals surface area contributed by atoms with E-state index in [1.54, 1.807) is 6.20 Å². The van der Waals surface area contributed by atoms with E-state index >= 15 is 0 Å². The minimum absolute atomic E-state index is 0.128. The van der Waals surface area contributed by atoms with Crippen molar-refractivity contribution in [2.75, 3.05) is 13.6 Å². The summed E-state index contributed by atoms with van der Waals surface area (Å²) in [4.78, 5) is 1.90. The zero-order valence-corrected chi connectivity index (χ0v) is 7.15. The highest BCUT2D eigenvalue weighted by Crippen LogP contribution is 2.13. The highest BCUT2D eigenvalue weighted by molar-refractivity contribution is 4.98. The summed E-state index contributed by atoms with van der Waals surface area (Å²) in [6, 6.07) is 2.21. The van der Waals surface area contributed by atoms with Gasteiger partial charge in [-0.1, -0.05) is 0 Å². The number of nitrogens with zero attached hydrogens (tertiary/aromatic N) is 4. The standard InChI is InChI=1S/C7H11N5/c1-6(12(2)4-3-8)7-5-9-11-10-7/h5-6H,4H2,1-2H3,(H,9,10,11). The third-order valence-electron chi connectivity index (χ3n) is 1.84. The lowest BCUT2D eigenvalue weighted by molar-refractivity contribution is 0.287. The fraction of sp³-hybridized carbons (Fsp3) is 0.571. The summed E-state index contributed by atoms with van der Waals surface area (Å²) < 4.78 is 0. The highest BCUT2D eigenvalue weighted by atomic mass is 15.3. The minimum Gasteiger partial charge on any atom is -0.285 e. The van der Waals surface area contributed by atoms with Gasteiger partial charge in [-0.05, 0) is 14.0 Å². The first kappa shape index (κ1) is 8.68. The molecule has 64 valence electrons. The van der Waals surface area contributed by atoms with Gasteiger partial charge in [0.25, 0.3) is 0 Å². The van der Waals surface area contributed by atoms with Gasteiger partial charge >= 0.3 is 0 Å². The van der Waals surface area contributed by atoms with E-state index in [1.807, 2.05) is 18.9 Å². The molecule has 12 heavy (non-hydrogen) atoms. The molecular weight excluding hydrogens is 154 g/mol. The lowest BCUT2D eigenvalue weighted by Crippen LogP contribution is -2.22. The second kappa shape index (κ2) is 3.83. The molecule has 0 saturated heterocycles. The molecule has 0 aliphatic heterocycles. The summed E-state index contributed by atoms with van der Waals surface area (Å²) in [6.07, 6.45) is 1.67. The smallest absolute Gasteiger partial charge is 0.0993 e. The van der Waals surface area contributed by atoms with Gasteiger partial charge in [-0.2, -0.15) is 20.7 Å². The predicted octanol–water partition coefficient (Wildman–Crippen LogP) is 0.321. The Kier molecular flexibility index (Phi) is 2.77. The molecule has 0 aliphatic rings. The molecule has 5 heteroatoms. The lowest BCUT2D eigenvalue weighted by Gasteiger charge is -2.18. The molecule has 0 aromatic carbocycles. The number of aromatic nitrogens is 3. The van der Waals surface area contributed by atoms with Crippen molar-refractivity contribution in [3.63, 3.8) is 0 Å². The first-order valence-corrected chi connectivity index (χ1v) is 3.68. The van der Waals surface area contributed by atoms with Crippen molar-refractivity contribution in [2.45, 2.75) is 13.0 Å². The van der Waals surface area contributed by atoms with Gasteiger partial charge in [0.05, 0.1) is 30.5 Å². The molecule has 0 radical (unpaired) electrons. The van der Waals surface area contributed by atoms with E-state index in [9.17, 15) is 0 Å². The van der Waals surface area contributed by atoms with Crippen LogP contribution >= 0.6 is 0 Å². The Balaban J connectivity index is 2.60. The van der Waals surface area contributed by atoms with Gasteiger partial charge < -0.3 is 0 Å². The van der Waals surface area contributed by atoms with Crippen LogP contribution in [0.5, 0.6) is 0 Å². The van der Waals surface area contributed by atoms with Gasteiger partial charge in [0.15, 0.2) is 0 Å². The fourth-order valence-corrected chi connectivity index (χ4v) is 0.886. The van der Waals surface area contributed by atoms with Crippen molar-refractivity contribution in [3.05, 3.63) is 11.9 Å². The summed E-state index contributed by atoms with van der Waals surface area (Å²) in [5, 5.41) is 18.6. The molecule has 1 aromatic heterocycles. The maximum absolute atomic E-state index is 8.45. The molecule has 1 aromatic rings. The van der Waals surface area contributed by atoms with Crippen LogP contribution in [0.3, 0.4) is 0 Å². The molecule has 1 unspecified atom stereocenters. The van der Waals surface area contributed by atoms with Crippen LogP contribution in [0.1, 0.15) is 18.7 Å².